The number of H-pyrrole nitrogens is 1. The average molecular weight is 342 g/mol. The van der Waals surface area contributed by atoms with Crippen LogP contribution in [0.5, 0.6) is 0 Å². The molecule has 7 heteroatoms. The minimum Gasteiger partial charge on any atom is -0.329 e. The van der Waals surface area contributed by atoms with E-state index in [1.54, 1.807) is 12.3 Å². The molecule has 96 valence electrons. The summed E-state index contributed by atoms with van der Waals surface area (Å²) in [6, 6.07) is 5.11. The molecule has 0 saturated carbocycles. The Kier molecular flexibility index (Phi) is 2.94. The summed E-state index contributed by atoms with van der Waals surface area (Å²) in [5.41, 5.74) is 1.31. The van der Waals surface area contributed by atoms with Crippen molar-refractivity contribution >= 4 is 39.3 Å². The second kappa shape index (κ2) is 4.50. The van der Waals surface area contributed by atoms with Crippen molar-refractivity contribution in [2.75, 3.05) is 0 Å². The van der Waals surface area contributed by atoms with Gasteiger partial charge in [-0.25, -0.2) is 13.8 Å². The molecular formula is C12H6BrF2N3S. The number of aromatic nitrogens is 3. The highest BCUT2D eigenvalue weighted by atomic mass is 79.9. The Morgan fingerprint density at radius 1 is 1.26 bits per heavy atom. The first-order chi connectivity index (χ1) is 9.06. The minimum absolute atomic E-state index is 0.160. The molecule has 1 aromatic carbocycles. The van der Waals surface area contributed by atoms with Crippen molar-refractivity contribution in [3.8, 4) is 5.69 Å². The first kappa shape index (κ1) is 12.4. The van der Waals surface area contributed by atoms with Crippen molar-refractivity contribution in [3.05, 3.63) is 51.3 Å². The maximum atomic E-state index is 13.8. The topological polar surface area (TPSA) is 33.6 Å². The molecule has 0 saturated heterocycles. The second-order valence-electron chi connectivity index (χ2n) is 3.89. The van der Waals surface area contributed by atoms with Gasteiger partial charge in [0.1, 0.15) is 11.6 Å². The molecule has 0 fully saturated rings. The van der Waals surface area contributed by atoms with Gasteiger partial charge in [0, 0.05) is 16.7 Å². The lowest BCUT2D eigenvalue weighted by Gasteiger charge is -2.05. The van der Waals surface area contributed by atoms with Crippen molar-refractivity contribution in [1.82, 2.24) is 14.5 Å². The van der Waals surface area contributed by atoms with Crippen LogP contribution in [0.3, 0.4) is 0 Å². The van der Waals surface area contributed by atoms with Crippen LogP contribution in [0.15, 0.2) is 34.9 Å². The Morgan fingerprint density at radius 2 is 2.05 bits per heavy atom. The van der Waals surface area contributed by atoms with Crippen LogP contribution in [0.2, 0.25) is 0 Å². The second-order valence-corrected chi connectivity index (χ2v) is 5.19. The van der Waals surface area contributed by atoms with E-state index in [-0.39, 0.29) is 5.69 Å². The summed E-state index contributed by atoms with van der Waals surface area (Å²) in [6.45, 7) is 0. The van der Waals surface area contributed by atoms with Crippen LogP contribution in [-0.4, -0.2) is 14.5 Å². The predicted octanol–water partition coefficient (Wildman–Crippen LogP) is 4.12. The Balaban J connectivity index is 2.36. The van der Waals surface area contributed by atoms with Gasteiger partial charge in [-0.05, 0) is 46.3 Å². The van der Waals surface area contributed by atoms with E-state index in [4.69, 9.17) is 12.2 Å². The molecule has 0 atom stereocenters. The summed E-state index contributed by atoms with van der Waals surface area (Å²) >= 11 is 8.46. The van der Waals surface area contributed by atoms with Crippen LogP contribution >= 0.6 is 28.1 Å². The highest BCUT2D eigenvalue weighted by Crippen LogP contribution is 2.22. The zero-order chi connectivity index (χ0) is 13.6. The van der Waals surface area contributed by atoms with E-state index in [1.165, 1.54) is 16.7 Å². The standard InChI is InChI=1S/C12H6BrF2N3S/c13-6-3-9-11(16-5-6)18(12(19)17-9)10-2-1-7(14)4-8(10)15/h1-5H,(H,17,19). The summed E-state index contributed by atoms with van der Waals surface area (Å²) < 4.78 is 29.3. The molecule has 0 unspecified atom stereocenters. The van der Waals surface area contributed by atoms with Crippen LogP contribution in [0.4, 0.5) is 8.78 Å². The summed E-state index contributed by atoms with van der Waals surface area (Å²) in [5, 5.41) is 0. The SMILES string of the molecule is Fc1ccc(-n2c(=S)[nH]c3cc(Br)cnc32)c(F)c1. The first-order valence-corrected chi connectivity index (χ1v) is 6.48. The molecular weight excluding hydrogens is 336 g/mol. The zero-order valence-electron chi connectivity index (χ0n) is 9.32. The molecule has 2 aromatic heterocycles. The maximum absolute atomic E-state index is 13.8. The molecule has 0 aliphatic carbocycles. The van der Waals surface area contributed by atoms with E-state index in [9.17, 15) is 8.78 Å². The molecule has 1 N–H and O–H groups in total. The predicted molar refractivity (Wildman–Crippen MR) is 73.9 cm³/mol. The Morgan fingerprint density at radius 3 is 2.79 bits per heavy atom. The monoisotopic (exact) mass is 341 g/mol. The Hall–Kier alpha value is -1.60. The lowest BCUT2D eigenvalue weighted by Crippen LogP contribution is -1.99. The minimum atomic E-state index is -0.693. The molecule has 0 spiro atoms. The first-order valence-electron chi connectivity index (χ1n) is 5.28. The van der Waals surface area contributed by atoms with Gasteiger partial charge >= 0.3 is 0 Å². The van der Waals surface area contributed by atoms with Gasteiger partial charge in [0.15, 0.2) is 10.4 Å². The van der Waals surface area contributed by atoms with Gasteiger partial charge in [0.05, 0.1) is 11.2 Å². The highest BCUT2D eigenvalue weighted by Gasteiger charge is 2.12. The fourth-order valence-corrected chi connectivity index (χ4v) is 2.48. The number of halogens is 3. The number of benzene rings is 1. The zero-order valence-corrected chi connectivity index (χ0v) is 11.7. The van der Waals surface area contributed by atoms with E-state index in [0.717, 1.165) is 10.5 Å². The van der Waals surface area contributed by atoms with E-state index in [1.807, 2.05) is 0 Å². The molecule has 3 rings (SSSR count). The third kappa shape index (κ3) is 2.08. The molecule has 19 heavy (non-hydrogen) atoms. The van der Waals surface area contributed by atoms with Gasteiger partial charge < -0.3 is 4.98 Å². The number of nitrogens with one attached hydrogen (secondary N) is 1. The van der Waals surface area contributed by atoms with Crippen LogP contribution < -0.4 is 0 Å². The van der Waals surface area contributed by atoms with Crippen LogP contribution in [0, 0.1) is 16.4 Å². The van der Waals surface area contributed by atoms with Gasteiger partial charge in [-0.15, -0.1) is 0 Å². The van der Waals surface area contributed by atoms with Crippen molar-refractivity contribution in [2.24, 2.45) is 0 Å². The maximum Gasteiger partial charge on any atom is 0.184 e. The number of hydrogen-bond acceptors (Lipinski definition) is 2. The molecule has 2 heterocycles. The fraction of sp³-hybridized carbons (Fsp3) is 0. The van der Waals surface area contributed by atoms with Gasteiger partial charge in [-0.2, -0.15) is 0 Å². The van der Waals surface area contributed by atoms with E-state index in [2.05, 4.69) is 25.9 Å². The molecule has 0 aliphatic rings. The normalized spacial score (nSPS) is 11.1. The van der Waals surface area contributed by atoms with Gasteiger partial charge in [0.25, 0.3) is 0 Å². The largest absolute Gasteiger partial charge is 0.329 e. The lowest BCUT2D eigenvalue weighted by atomic mass is 10.3. The van der Waals surface area contributed by atoms with Crippen LogP contribution in [0.25, 0.3) is 16.9 Å². The lowest BCUT2D eigenvalue weighted by molar-refractivity contribution is 0.578. The molecule has 0 amide bonds. The summed E-state index contributed by atoms with van der Waals surface area (Å²) in [4.78, 5) is 7.13. The van der Waals surface area contributed by atoms with E-state index < -0.39 is 11.6 Å². The van der Waals surface area contributed by atoms with Crippen molar-refractivity contribution in [3.63, 3.8) is 0 Å². The molecule has 3 aromatic rings. The number of imidazole rings is 1. The van der Waals surface area contributed by atoms with Crippen LogP contribution in [-0.2, 0) is 0 Å². The highest BCUT2D eigenvalue weighted by molar-refractivity contribution is 9.10. The van der Waals surface area contributed by atoms with Gasteiger partial charge in [-0.3, -0.25) is 4.57 Å². The van der Waals surface area contributed by atoms with Crippen molar-refractivity contribution in [2.45, 2.75) is 0 Å². The summed E-state index contributed by atoms with van der Waals surface area (Å²) in [5.74, 6) is -1.33. The van der Waals surface area contributed by atoms with Gasteiger partial charge in [-0.1, -0.05) is 0 Å². The van der Waals surface area contributed by atoms with E-state index in [0.29, 0.717) is 15.9 Å². The molecule has 0 bridgehead atoms. The third-order valence-corrected chi connectivity index (χ3v) is 3.36. The number of hydrogen-bond donors (Lipinski definition) is 1. The number of pyridine rings is 1. The number of aromatic amines is 1. The van der Waals surface area contributed by atoms with E-state index >= 15 is 0 Å². The fourth-order valence-electron chi connectivity index (χ4n) is 1.86. The molecule has 0 radical (unpaired) electrons. The smallest absolute Gasteiger partial charge is 0.184 e. The average Bonchev–Trinajstić information content (AvgIpc) is 2.65. The van der Waals surface area contributed by atoms with Crippen molar-refractivity contribution < 1.29 is 8.78 Å². The molecule has 0 aliphatic heterocycles. The Bertz CT molecular complexity index is 841. The number of nitrogens with zero attached hydrogens (tertiary/aromatic N) is 2. The van der Waals surface area contributed by atoms with Crippen LogP contribution in [0.1, 0.15) is 0 Å². The number of fused-ring (bicyclic) bond motifs is 1. The summed E-state index contributed by atoms with van der Waals surface area (Å²) in [6.07, 6.45) is 1.59. The third-order valence-electron chi connectivity index (χ3n) is 2.64. The number of rotatable bonds is 1. The van der Waals surface area contributed by atoms with Crippen molar-refractivity contribution in [1.29, 1.82) is 0 Å². The Labute approximate surface area is 120 Å². The summed E-state index contributed by atoms with van der Waals surface area (Å²) in [7, 11) is 0. The molecule has 3 nitrogen and oxygen atoms in total. The quantitative estimate of drug-likeness (QED) is 0.675. The van der Waals surface area contributed by atoms with Gasteiger partial charge in [0.2, 0.25) is 0 Å².